The number of ether oxygens (including phenoxy) is 1. The summed E-state index contributed by atoms with van der Waals surface area (Å²) in [6.45, 7) is 2.00. The van der Waals surface area contributed by atoms with Gasteiger partial charge in [-0.15, -0.1) is 0 Å². The number of benzene rings is 1. The van der Waals surface area contributed by atoms with Gasteiger partial charge in [0.15, 0.2) is 0 Å². The minimum atomic E-state index is 0.0417. The fraction of sp³-hybridized carbons (Fsp3) is 0.250. The van der Waals surface area contributed by atoms with E-state index in [0.29, 0.717) is 0 Å². The lowest BCUT2D eigenvalue weighted by Gasteiger charge is -2.00. The van der Waals surface area contributed by atoms with Crippen molar-refractivity contribution in [1.82, 2.24) is 0 Å². The van der Waals surface area contributed by atoms with Crippen LogP contribution in [-0.2, 0) is 0 Å². The van der Waals surface area contributed by atoms with E-state index in [-0.39, 0.29) is 16.0 Å². The molecule has 0 heterocycles. The number of halogens is 2. The molecule has 1 radical (unpaired) electrons. The third-order valence-corrected chi connectivity index (χ3v) is 1.24. The minimum Gasteiger partial charge on any atom is -0.496 e. The van der Waals surface area contributed by atoms with E-state index >= 15 is 0 Å². The normalized spacial score (nSPS) is 7.67. The summed E-state index contributed by atoms with van der Waals surface area (Å²) in [7, 11) is 1.67. The molecule has 0 saturated carbocycles. The van der Waals surface area contributed by atoms with E-state index < -0.39 is 0 Å². The molecule has 0 aliphatic carbocycles. The van der Waals surface area contributed by atoms with Gasteiger partial charge >= 0.3 is 16.0 Å². The van der Waals surface area contributed by atoms with E-state index in [1.165, 1.54) is 0 Å². The van der Waals surface area contributed by atoms with E-state index in [0.717, 1.165) is 11.3 Å². The molecule has 0 aromatic heterocycles. The first-order chi connectivity index (χ1) is 5.76. The molecule has 1 aromatic rings. The van der Waals surface area contributed by atoms with Crippen molar-refractivity contribution >= 4 is 41.8 Å². The van der Waals surface area contributed by atoms with E-state index in [1.807, 2.05) is 25.1 Å². The van der Waals surface area contributed by atoms with Gasteiger partial charge in [-0.2, -0.15) is 0 Å². The maximum Gasteiger partial charge on any atom is 0.560 e. The molecule has 0 aliphatic rings. The Bertz CT molecular complexity index is 218. The SMILES string of the molecule is COc1cc[c]cc1C.[Br][Mg][Br]. The highest BCUT2D eigenvalue weighted by molar-refractivity contribution is 9.47. The van der Waals surface area contributed by atoms with Crippen molar-refractivity contribution in [3.63, 3.8) is 0 Å². The quantitative estimate of drug-likeness (QED) is 0.724. The van der Waals surface area contributed by atoms with Crippen molar-refractivity contribution in [2.45, 2.75) is 6.92 Å². The fourth-order valence-electron chi connectivity index (χ4n) is 0.729. The first kappa shape index (κ1) is 12.7. The van der Waals surface area contributed by atoms with Crippen LogP contribution in [0.1, 0.15) is 5.56 Å². The molecule has 0 spiro atoms. The maximum absolute atomic E-state index is 5.02. The molecule has 0 N–H and O–H groups in total. The summed E-state index contributed by atoms with van der Waals surface area (Å²) in [5, 5.41) is 0. The molecule has 0 fully saturated rings. The maximum atomic E-state index is 5.02. The van der Waals surface area contributed by atoms with Crippen LogP contribution in [0.5, 0.6) is 5.75 Å². The lowest BCUT2D eigenvalue weighted by atomic mass is 10.2. The first-order valence-corrected chi connectivity index (χ1v) is 11.2. The first-order valence-electron chi connectivity index (χ1n) is 3.38. The Labute approximate surface area is 95.3 Å². The fourth-order valence-corrected chi connectivity index (χ4v) is 0.729. The Kier molecular flexibility index (Phi) is 8.87. The molecule has 1 nitrogen and oxygen atoms in total. The van der Waals surface area contributed by atoms with Crippen LogP contribution in [0.25, 0.3) is 0 Å². The van der Waals surface area contributed by atoms with Crippen LogP contribution in [0.2, 0.25) is 0 Å². The van der Waals surface area contributed by atoms with Gasteiger partial charge in [-0.25, -0.2) is 0 Å². The molecule has 0 amide bonds. The van der Waals surface area contributed by atoms with E-state index in [4.69, 9.17) is 4.74 Å². The molecular weight excluding hydrogens is 296 g/mol. The van der Waals surface area contributed by atoms with Crippen molar-refractivity contribution in [2.24, 2.45) is 0 Å². The van der Waals surface area contributed by atoms with Gasteiger partial charge in [0.05, 0.1) is 7.11 Å². The highest BCUT2D eigenvalue weighted by Gasteiger charge is 1.91. The van der Waals surface area contributed by atoms with E-state index in [1.54, 1.807) is 7.11 Å². The Morgan fingerprint density at radius 1 is 1.50 bits per heavy atom. The predicted molar refractivity (Wildman–Crippen MR) is 60.2 cm³/mol. The van der Waals surface area contributed by atoms with Gasteiger partial charge < -0.3 is 4.74 Å². The Morgan fingerprint density at radius 3 is 2.42 bits per heavy atom. The van der Waals surface area contributed by atoms with Crippen molar-refractivity contribution in [3.8, 4) is 5.75 Å². The zero-order valence-corrected chi connectivity index (χ0v) is 11.7. The standard InChI is InChI=1S/C8H9O.2BrH.Mg/c1-7-5-3-4-6-8(7)9-2;;;/h4-6H,1-2H3;2*1H;/q;;;+2/p-2. The lowest BCUT2D eigenvalue weighted by molar-refractivity contribution is 0.411. The van der Waals surface area contributed by atoms with Crippen LogP contribution in [0.3, 0.4) is 0 Å². The van der Waals surface area contributed by atoms with Crippen molar-refractivity contribution in [2.75, 3.05) is 7.11 Å². The van der Waals surface area contributed by atoms with Gasteiger partial charge in [0.1, 0.15) is 5.75 Å². The van der Waals surface area contributed by atoms with Crippen molar-refractivity contribution < 1.29 is 4.74 Å². The van der Waals surface area contributed by atoms with Gasteiger partial charge in [-0.3, -0.25) is 25.8 Å². The second-order valence-electron chi connectivity index (χ2n) is 2.00. The molecule has 1 rings (SSSR count). The second-order valence-corrected chi connectivity index (χ2v) is 10.1. The van der Waals surface area contributed by atoms with Crippen LogP contribution >= 0.6 is 25.8 Å². The molecule has 0 saturated heterocycles. The van der Waals surface area contributed by atoms with Crippen molar-refractivity contribution in [1.29, 1.82) is 0 Å². The zero-order chi connectivity index (χ0) is 9.40. The number of hydrogen-bond donors (Lipinski definition) is 0. The summed E-state index contributed by atoms with van der Waals surface area (Å²) >= 11 is 6.44. The highest BCUT2D eigenvalue weighted by Crippen LogP contribution is 2.13. The molecular formula is C8H9Br2MgO. The summed E-state index contributed by atoms with van der Waals surface area (Å²) in [5.74, 6) is 0.925. The summed E-state index contributed by atoms with van der Waals surface area (Å²) < 4.78 is 5.02. The average Bonchev–Trinajstić information content (AvgIpc) is 2.07. The third-order valence-electron chi connectivity index (χ3n) is 1.24. The third kappa shape index (κ3) is 5.40. The topological polar surface area (TPSA) is 9.23 Å². The molecule has 0 atom stereocenters. The molecule has 63 valence electrons. The Balaban J connectivity index is 0.000000354. The highest BCUT2D eigenvalue weighted by atomic mass is 79.9. The lowest BCUT2D eigenvalue weighted by Crippen LogP contribution is -1.84. The molecule has 1 aromatic carbocycles. The number of rotatable bonds is 1. The van der Waals surface area contributed by atoms with Gasteiger partial charge in [-0.05, 0) is 30.7 Å². The number of methoxy groups -OCH3 is 1. The second kappa shape index (κ2) is 8.35. The van der Waals surface area contributed by atoms with E-state index in [2.05, 4.69) is 31.8 Å². The largest absolute Gasteiger partial charge is 0.560 e. The summed E-state index contributed by atoms with van der Waals surface area (Å²) in [6, 6.07) is 8.59. The van der Waals surface area contributed by atoms with Gasteiger partial charge in [-0.1, -0.05) is 6.07 Å². The summed E-state index contributed by atoms with van der Waals surface area (Å²) in [4.78, 5) is 0. The smallest absolute Gasteiger partial charge is 0.496 e. The molecule has 0 aliphatic heterocycles. The van der Waals surface area contributed by atoms with Gasteiger partial charge in [0.25, 0.3) is 0 Å². The minimum absolute atomic E-state index is 0.0417. The Morgan fingerprint density at radius 2 is 2.08 bits per heavy atom. The Hall–Kier alpha value is 0.746. The average molecular weight is 305 g/mol. The summed E-state index contributed by atoms with van der Waals surface area (Å²) in [6.07, 6.45) is 0. The molecule has 0 unspecified atom stereocenters. The van der Waals surface area contributed by atoms with E-state index in [9.17, 15) is 0 Å². The summed E-state index contributed by atoms with van der Waals surface area (Å²) in [5.41, 5.74) is 1.12. The van der Waals surface area contributed by atoms with Crippen LogP contribution in [0, 0.1) is 13.0 Å². The zero-order valence-electron chi connectivity index (χ0n) is 7.10. The molecule has 4 heteroatoms. The van der Waals surface area contributed by atoms with Gasteiger partial charge in [0, 0.05) is 0 Å². The van der Waals surface area contributed by atoms with Gasteiger partial charge in [0.2, 0.25) is 0 Å². The molecule has 12 heavy (non-hydrogen) atoms. The monoisotopic (exact) mass is 303 g/mol. The van der Waals surface area contributed by atoms with Crippen molar-refractivity contribution in [3.05, 3.63) is 29.8 Å². The number of hydrogen-bond acceptors (Lipinski definition) is 1. The van der Waals surface area contributed by atoms with Crippen LogP contribution in [0.15, 0.2) is 18.2 Å². The number of aryl methyl sites for hydroxylation is 1. The van der Waals surface area contributed by atoms with Crippen LogP contribution in [0.4, 0.5) is 0 Å². The van der Waals surface area contributed by atoms with Crippen LogP contribution in [-0.4, -0.2) is 23.1 Å². The predicted octanol–water partition coefficient (Wildman–Crippen LogP) is 3.11. The molecule has 0 bridgehead atoms. The van der Waals surface area contributed by atoms with Crippen LogP contribution < -0.4 is 4.74 Å².